The zero-order valence-electron chi connectivity index (χ0n) is 12.4. The van der Waals surface area contributed by atoms with E-state index in [0.29, 0.717) is 6.04 Å². The molecule has 1 fully saturated rings. The van der Waals surface area contributed by atoms with E-state index in [1.165, 1.54) is 25.7 Å². The van der Waals surface area contributed by atoms with Gasteiger partial charge in [-0.15, -0.1) is 0 Å². The molecule has 2 unspecified atom stereocenters. The highest BCUT2D eigenvalue weighted by molar-refractivity contribution is 7.99. The number of nitrogens with zero attached hydrogens (tertiary/aromatic N) is 2. The van der Waals surface area contributed by atoms with Gasteiger partial charge in [-0.1, -0.05) is 43.2 Å². The zero-order valence-corrected chi connectivity index (χ0v) is 13.2. The van der Waals surface area contributed by atoms with Gasteiger partial charge in [0.1, 0.15) is 11.4 Å². The summed E-state index contributed by atoms with van der Waals surface area (Å²) in [5, 5.41) is 15.8. The van der Waals surface area contributed by atoms with Crippen LogP contribution in [0.15, 0.2) is 30.3 Å². The third-order valence-electron chi connectivity index (χ3n) is 4.20. The number of hydrogen-bond acceptors (Lipinski definition) is 4. The molecule has 21 heavy (non-hydrogen) atoms. The average molecular weight is 302 g/mol. The molecule has 1 aromatic heterocycles. The molecule has 0 radical (unpaired) electrons. The SMILES string of the molecule is CSC1CCCCC1NCc1n[nH]nc1-c1ccccc1. The van der Waals surface area contributed by atoms with Gasteiger partial charge in [-0.25, -0.2) is 0 Å². The molecule has 1 saturated carbocycles. The van der Waals surface area contributed by atoms with Crippen molar-refractivity contribution in [3.05, 3.63) is 36.0 Å². The maximum absolute atomic E-state index is 4.32. The Balaban J connectivity index is 1.67. The molecule has 2 N–H and O–H groups in total. The number of hydrogen-bond donors (Lipinski definition) is 2. The lowest BCUT2D eigenvalue weighted by Gasteiger charge is -2.30. The fourth-order valence-corrected chi connectivity index (χ4v) is 4.01. The summed E-state index contributed by atoms with van der Waals surface area (Å²) in [6.07, 6.45) is 7.51. The van der Waals surface area contributed by atoms with Crippen molar-refractivity contribution in [3.63, 3.8) is 0 Å². The predicted octanol–water partition coefficient (Wildman–Crippen LogP) is 3.24. The first-order valence-electron chi connectivity index (χ1n) is 7.59. The van der Waals surface area contributed by atoms with E-state index in [4.69, 9.17) is 0 Å². The van der Waals surface area contributed by atoms with Crippen LogP contribution in [0.25, 0.3) is 11.3 Å². The zero-order chi connectivity index (χ0) is 14.5. The first kappa shape index (κ1) is 14.6. The summed E-state index contributed by atoms with van der Waals surface area (Å²) >= 11 is 1.99. The second kappa shape index (κ2) is 7.09. The Morgan fingerprint density at radius 1 is 1.19 bits per heavy atom. The molecular weight excluding hydrogens is 280 g/mol. The van der Waals surface area contributed by atoms with Crippen LogP contribution >= 0.6 is 11.8 Å². The molecule has 5 heteroatoms. The van der Waals surface area contributed by atoms with Gasteiger partial charge < -0.3 is 5.32 Å². The van der Waals surface area contributed by atoms with Crippen molar-refractivity contribution in [2.75, 3.05) is 6.26 Å². The summed E-state index contributed by atoms with van der Waals surface area (Å²) < 4.78 is 0. The predicted molar refractivity (Wildman–Crippen MR) is 88.2 cm³/mol. The summed E-state index contributed by atoms with van der Waals surface area (Å²) in [6, 6.07) is 10.8. The minimum atomic E-state index is 0.592. The maximum Gasteiger partial charge on any atom is 0.117 e. The number of benzene rings is 1. The largest absolute Gasteiger partial charge is 0.307 e. The van der Waals surface area contributed by atoms with Crippen LogP contribution in [0.4, 0.5) is 0 Å². The molecule has 2 aromatic rings. The standard InChI is InChI=1S/C16H22N4S/c1-21-15-10-6-5-9-13(15)17-11-14-16(19-20-18-14)12-7-3-2-4-8-12/h2-4,7-8,13,15,17H,5-6,9-11H2,1H3,(H,18,19,20). The van der Waals surface area contributed by atoms with E-state index in [9.17, 15) is 0 Å². The fourth-order valence-electron chi connectivity index (χ4n) is 3.04. The van der Waals surface area contributed by atoms with Crippen molar-refractivity contribution in [1.29, 1.82) is 0 Å². The fraction of sp³-hybridized carbons (Fsp3) is 0.500. The maximum atomic E-state index is 4.32. The van der Waals surface area contributed by atoms with E-state index < -0.39 is 0 Å². The van der Waals surface area contributed by atoms with Gasteiger partial charge in [0.2, 0.25) is 0 Å². The third kappa shape index (κ3) is 3.47. The number of H-pyrrole nitrogens is 1. The Labute approximate surface area is 130 Å². The number of rotatable bonds is 5. The monoisotopic (exact) mass is 302 g/mol. The highest BCUT2D eigenvalue weighted by atomic mass is 32.2. The summed E-state index contributed by atoms with van der Waals surface area (Å²) in [7, 11) is 0. The van der Waals surface area contributed by atoms with Gasteiger partial charge in [-0.3, -0.25) is 0 Å². The Hall–Kier alpha value is -1.33. The Morgan fingerprint density at radius 3 is 2.81 bits per heavy atom. The van der Waals surface area contributed by atoms with Crippen LogP contribution in [-0.4, -0.2) is 33.0 Å². The summed E-state index contributed by atoms with van der Waals surface area (Å²) in [6.45, 7) is 0.780. The molecule has 112 valence electrons. The van der Waals surface area contributed by atoms with Crippen molar-refractivity contribution in [3.8, 4) is 11.3 Å². The normalized spacial score (nSPS) is 22.3. The van der Waals surface area contributed by atoms with Crippen LogP contribution in [0, 0.1) is 0 Å². The number of thioether (sulfide) groups is 1. The minimum Gasteiger partial charge on any atom is -0.307 e. The smallest absolute Gasteiger partial charge is 0.117 e. The van der Waals surface area contributed by atoms with Crippen LogP contribution in [0.1, 0.15) is 31.4 Å². The van der Waals surface area contributed by atoms with Gasteiger partial charge in [-0.2, -0.15) is 27.2 Å². The number of aromatic amines is 1. The Morgan fingerprint density at radius 2 is 2.00 bits per heavy atom. The lowest BCUT2D eigenvalue weighted by Crippen LogP contribution is -2.40. The first-order chi connectivity index (χ1) is 10.4. The van der Waals surface area contributed by atoms with Gasteiger partial charge in [0.15, 0.2) is 0 Å². The summed E-state index contributed by atoms with van der Waals surface area (Å²) in [5.74, 6) is 0. The van der Waals surface area contributed by atoms with E-state index in [0.717, 1.165) is 28.7 Å². The van der Waals surface area contributed by atoms with Gasteiger partial charge >= 0.3 is 0 Å². The molecule has 0 bridgehead atoms. The lowest BCUT2D eigenvalue weighted by atomic mass is 9.94. The molecule has 0 aliphatic heterocycles. The van der Waals surface area contributed by atoms with Crippen LogP contribution < -0.4 is 5.32 Å². The second-order valence-electron chi connectivity index (χ2n) is 5.53. The van der Waals surface area contributed by atoms with Crippen LogP contribution in [-0.2, 0) is 6.54 Å². The van der Waals surface area contributed by atoms with Crippen molar-refractivity contribution in [1.82, 2.24) is 20.7 Å². The first-order valence-corrected chi connectivity index (χ1v) is 8.88. The average Bonchev–Trinajstić information content (AvgIpc) is 3.02. The molecule has 3 rings (SSSR count). The summed E-state index contributed by atoms with van der Waals surface area (Å²) in [4.78, 5) is 0. The van der Waals surface area contributed by atoms with Gasteiger partial charge in [-0.05, 0) is 19.1 Å². The van der Waals surface area contributed by atoms with Crippen molar-refractivity contribution < 1.29 is 0 Å². The molecule has 1 heterocycles. The van der Waals surface area contributed by atoms with E-state index in [1.807, 2.05) is 30.0 Å². The van der Waals surface area contributed by atoms with E-state index in [2.05, 4.69) is 39.1 Å². The summed E-state index contributed by atoms with van der Waals surface area (Å²) in [5.41, 5.74) is 3.08. The molecule has 2 atom stereocenters. The topological polar surface area (TPSA) is 53.6 Å². The molecule has 1 aromatic carbocycles. The van der Waals surface area contributed by atoms with Crippen molar-refractivity contribution in [2.45, 2.75) is 43.5 Å². The van der Waals surface area contributed by atoms with Crippen molar-refractivity contribution >= 4 is 11.8 Å². The Bertz CT molecular complexity index is 554. The van der Waals surface area contributed by atoms with Crippen LogP contribution in [0.5, 0.6) is 0 Å². The second-order valence-corrected chi connectivity index (χ2v) is 6.61. The molecule has 1 aliphatic rings. The minimum absolute atomic E-state index is 0.592. The highest BCUT2D eigenvalue weighted by Gasteiger charge is 2.24. The van der Waals surface area contributed by atoms with Gasteiger partial charge in [0.05, 0.1) is 0 Å². The number of nitrogens with one attached hydrogen (secondary N) is 2. The molecule has 0 spiro atoms. The third-order valence-corrected chi connectivity index (χ3v) is 5.37. The lowest BCUT2D eigenvalue weighted by molar-refractivity contribution is 0.381. The van der Waals surface area contributed by atoms with Crippen molar-refractivity contribution in [2.24, 2.45) is 0 Å². The van der Waals surface area contributed by atoms with Gasteiger partial charge in [0, 0.05) is 23.4 Å². The van der Waals surface area contributed by atoms with E-state index in [1.54, 1.807) is 0 Å². The van der Waals surface area contributed by atoms with Crippen LogP contribution in [0.3, 0.4) is 0 Å². The molecule has 0 amide bonds. The van der Waals surface area contributed by atoms with E-state index in [-0.39, 0.29) is 0 Å². The molecule has 4 nitrogen and oxygen atoms in total. The van der Waals surface area contributed by atoms with E-state index >= 15 is 0 Å². The van der Waals surface area contributed by atoms with Gasteiger partial charge in [0.25, 0.3) is 0 Å². The Kier molecular flexibility index (Phi) is 4.93. The number of aromatic nitrogens is 3. The quantitative estimate of drug-likeness (QED) is 0.890. The van der Waals surface area contributed by atoms with Crippen LogP contribution in [0.2, 0.25) is 0 Å². The molecule has 1 aliphatic carbocycles. The molecular formula is C16H22N4S. The molecule has 0 saturated heterocycles. The highest BCUT2D eigenvalue weighted by Crippen LogP contribution is 2.27.